The molecule has 0 saturated heterocycles. The van der Waals surface area contributed by atoms with Gasteiger partial charge in [0.1, 0.15) is 0 Å². The largest absolute Gasteiger partial charge is 0.251 e. The maximum atomic E-state index is 14.2. The Kier molecular flexibility index (Phi) is 4.76. The van der Waals surface area contributed by atoms with Crippen LogP contribution >= 0.6 is 11.3 Å². The Morgan fingerprint density at radius 2 is 1.68 bits per heavy atom. The Morgan fingerprint density at radius 3 is 2.29 bits per heavy atom. The van der Waals surface area contributed by atoms with Crippen LogP contribution in [0.15, 0.2) is 40.9 Å². The van der Waals surface area contributed by atoms with Crippen LogP contribution in [-0.2, 0) is 16.6 Å². The molecular formula is C18H11F4N3OS2. The summed E-state index contributed by atoms with van der Waals surface area (Å²) >= 11 is 0.972. The Labute approximate surface area is 162 Å². The Morgan fingerprint density at radius 1 is 1.04 bits per heavy atom. The number of rotatable bonds is 4. The summed E-state index contributed by atoms with van der Waals surface area (Å²) in [6.45, 7) is 0.947. The van der Waals surface area contributed by atoms with Crippen molar-refractivity contribution in [2.75, 3.05) is 0 Å². The summed E-state index contributed by atoms with van der Waals surface area (Å²) in [5.74, 6) is -5.72. The SMILES string of the molecule is Cc1c(F)c(F)c(-c2cn3nc(S(=O)Cc4ccccc4)sc3n2)c(F)c1F. The van der Waals surface area contributed by atoms with Gasteiger partial charge in [0.2, 0.25) is 9.30 Å². The minimum Gasteiger partial charge on any atom is -0.251 e. The number of hydrogen-bond donors (Lipinski definition) is 0. The highest BCUT2D eigenvalue weighted by molar-refractivity contribution is 7.86. The fourth-order valence-corrected chi connectivity index (χ4v) is 4.83. The van der Waals surface area contributed by atoms with Crippen molar-refractivity contribution in [2.24, 2.45) is 0 Å². The zero-order chi connectivity index (χ0) is 20.0. The maximum Gasteiger partial charge on any atom is 0.213 e. The van der Waals surface area contributed by atoms with Gasteiger partial charge in [0.25, 0.3) is 0 Å². The second-order valence-electron chi connectivity index (χ2n) is 5.95. The maximum absolute atomic E-state index is 14.2. The first kappa shape index (κ1) is 18.8. The number of fused-ring (bicyclic) bond motifs is 1. The van der Waals surface area contributed by atoms with Crippen LogP contribution in [0.3, 0.4) is 0 Å². The second-order valence-corrected chi connectivity index (χ2v) is 8.53. The molecule has 0 spiro atoms. The van der Waals surface area contributed by atoms with E-state index in [1.165, 1.54) is 4.52 Å². The molecule has 1 atom stereocenters. The molecule has 4 aromatic rings. The molecular weight excluding hydrogens is 414 g/mol. The summed E-state index contributed by atoms with van der Waals surface area (Å²) < 4.78 is 69.9. The molecule has 28 heavy (non-hydrogen) atoms. The van der Waals surface area contributed by atoms with E-state index in [1.807, 2.05) is 30.3 Å². The molecule has 0 aliphatic rings. The lowest BCUT2D eigenvalue weighted by Crippen LogP contribution is -2.03. The molecule has 144 valence electrons. The van der Waals surface area contributed by atoms with E-state index in [2.05, 4.69) is 10.1 Å². The van der Waals surface area contributed by atoms with E-state index in [0.717, 1.165) is 30.0 Å². The molecule has 0 fully saturated rings. The fourth-order valence-electron chi connectivity index (χ4n) is 2.65. The minimum absolute atomic E-state index is 0.201. The molecule has 0 radical (unpaired) electrons. The van der Waals surface area contributed by atoms with Crippen molar-refractivity contribution in [3.63, 3.8) is 0 Å². The van der Waals surface area contributed by atoms with Crippen LogP contribution in [0.5, 0.6) is 0 Å². The molecule has 0 saturated carbocycles. The zero-order valence-electron chi connectivity index (χ0n) is 14.2. The average molecular weight is 425 g/mol. The summed E-state index contributed by atoms with van der Waals surface area (Å²) in [5, 5.41) is 4.12. The Hall–Kier alpha value is -2.59. The third-order valence-electron chi connectivity index (χ3n) is 4.10. The smallest absolute Gasteiger partial charge is 0.213 e. The van der Waals surface area contributed by atoms with E-state index in [9.17, 15) is 21.8 Å². The van der Waals surface area contributed by atoms with Gasteiger partial charge in [0.15, 0.2) is 23.3 Å². The highest BCUT2D eigenvalue weighted by Crippen LogP contribution is 2.32. The van der Waals surface area contributed by atoms with Gasteiger partial charge in [-0.1, -0.05) is 41.7 Å². The highest BCUT2D eigenvalue weighted by Gasteiger charge is 2.26. The molecule has 0 bridgehead atoms. The molecule has 1 unspecified atom stereocenters. The van der Waals surface area contributed by atoms with Crippen LogP contribution in [-0.4, -0.2) is 18.8 Å². The summed E-state index contributed by atoms with van der Waals surface area (Å²) in [5.41, 5.74) is -1.07. The van der Waals surface area contributed by atoms with Crippen LogP contribution in [0.4, 0.5) is 17.6 Å². The van der Waals surface area contributed by atoms with Crippen molar-refractivity contribution in [3.8, 4) is 11.3 Å². The van der Waals surface area contributed by atoms with Crippen molar-refractivity contribution in [1.29, 1.82) is 0 Å². The monoisotopic (exact) mass is 425 g/mol. The predicted octanol–water partition coefficient (Wildman–Crippen LogP) is 4.63. The van der Waals surface area contributed by atoms with Crippen LogP contribution in [0, 0.1) is 30.2 Å². The van der Waals surface area contributed by atoms with Crippen LogP contribution < -0.4 is 0 Å². The number of nitrogens with zero attached hydrogens (tertiary/aromatic N) is 3. The lowest BCUT2D eigenvalue weighted by molar-refractivity contribution is 0.449. The standard InChI is InChI=1S/C18H11F4N3OS2/c1-9-13(19)15(21)12(16(22)14(9)20)11-7-25-17(23-11)27-18(24-25)28(26)8-10-5-3-2-4-6-10/h2-7H,8H2,1H3. The topological polar surface area (TPSA) is 47.3 Å². The molecule has 4 rings (SSSR count). The molecule has 0 aliphatic heterocycles. The van der Waals surface area contributed by atoms with Crippen molar-refractivity contribution < 1.29 is 21.8 Å². The van der Waals surface area contributed by atoms with E-state index in [0.29, 0.717) is 0 Å². The van der Waals surface area contributed by atoms with Crippen LogP contribution in [0.2, 0.25) is 0 Å². The third kappa shape index (κ3) is 3.12. The predicted molar refractivity (Wildman–Crippen MR) is 97.4 cm³/mol. The van der Waals surface area contributed by atoms with E-state index < -0.39 is 45.2 Å². The number of benzene rings is 2. The van der Waals surface area contributed by atoms with E-state index in [-0.39, 0.29) is 20.7 Å². The Bertz CT molecular complexity index is 1160. The molecule has 0 amide bonds. The number of halogens is 4. The van der Waals surface area contributed by atoms with Crippen LogP contribution in [0.25, 0.3) is 16.2 Å². The summed E-state index contributed by atoms with van der Waals surface area (Å²) in [6, 6.07) is 9.18. The van der Waals surface area contributed by atoms with Crippen molar-refractivity contribution in [3.05, 3.63) is 70.9 Å². The summed E-state index contributed by atoms with van der Waals surface area (Å²) in [4.78, 5) is 4.20. The van der Waals surface area contributed by atoms with Crippen LogP contribution in [0.1, 0.15) is 11.1 Å². The van der Waals surface area contributed by atoms with Gasteiger partial charge in [-0.25, -0.2) is 27.1 Å². The lowest BCUT2D eigenvalue weighted by Gasteiger charge is -2.07. The normalized spacial score (nSPS) is 12.6. The first-order chi connectivity index (χ1) is 13.4. The second kappa shape index (κ2) is 7.10. The molecule has 2 aromatic heterocycles. The summed E-state index contributed by atoms with van der Waals surface area (Å²) in [7, 11) is -1.44. The van der Waals surface area contributed by atoms with Gasteiger partial charge in [-0.2, -0.15) is 0 Å². The molecule has 4 nitrogen and oxygen atoms in total. The molecule has 2 heterocycles. The van der Waals surface area contributed by atoms with Crippen molar-refractivity contribution in [1.82, 2.24) is 14.6 Å². The van der Waals surface area contributed by atoms with E-state index in [1.54, 1.807) is 0 Å². The molecule has 10 heteroatoms. The molecule has 0 N–H and O–H groups in total. The summed E-state index contributed by atoms with van der Waals surface area (Å²) in [6.07, 6.45) is 1.14. The van der Waals surface area contributed by atoms with Gasteiger partial charge in [-0.3, -0.25) is 4.21 Å². The van der Waals surface area contributed by atoms with Gasteiger partial charge in [-0.05, 0) is 12.5 Å². The third-order valence-corrected chi connectivity index (χ3v) is 6.69. The zero-order valence-corrected chi connectivity index (χ0v) is 15.9. The van der Waals surface area contributed by atoms with Gasteiger partial charge < -0.3 is 0 Å². The number of imidazole rings is 1. The van der Waals surface area contributed by atoms with Crippen molar-refractivity contribution >= 4 is 27.1 Å². The van der Waals surface area contributed by atoms with Gasteiger partial charge in [0.05, 0.1) is 34.0 Å². The van der Waals surface area contributed by atoms with E-state index >= 15 is 0 Å². The first-order valence-corrected chi connectivity index (χ1v) is 10.1. The van der Waals surface area contributed by atoms with Crippen molar-refractivity contribution in [2.45, 2.75) is 17.0 Å². The Balaban J connectivity index is 1.70. The lowest BCUT2D eigenvalue weighted by atomic mass is 10.1. The number of aromatic nitrogens is 3. The minimum atomic E-state index is -1.52. The quantitative estimate of drug-likeness (QED) is 0.354. The molecule has 2 aromatic carbocycles. The fraction of sp³-hybridized carbons (Fsp3) is 0.111. The highest BCUT2D eigenvalue weighted by atomic mass is 32.2. The first-order valence-electron chi connectivity index (χ1n) is 7.98. The molecule has 0 aliphatic carbocycles. The van der Waals surface area contributed by atoms with Gasteiger partial charge in [0, 0.05) is 5.56 Å². The van der Waals surface area contributed by atoms with E-state index in [4.69, 9.17) is 0 Å². The average Bonchev–Trinajstić information content (AvgIpc) is 3.25. The number of hydrogen-bond acceptors (Lipinski definition) is 4. The van der Waals surface area contributed by atoms with Gasteiger partial charge >= 0.3 is 0 Å². The van der Waals surface area contributed by atoms with Gasteiger partial charge in [-0.15, -0.1) is 5.10 Å².